The van der Waals surface area contributed by atoms with Crippen molar-refractivity contribution in [3.63, 3.8) is 0 Å². The lowest BCUT2D eigenvalue weighted by Gasteiger charge is -2.05. The number of aromatic hydroxyl groups is 1. The van der Waals surface area contributed by atoms with E-state index in [1.165, 1.54) is 0 Å². The van der Waals surface area contributed by atoms with Gasteiger partial charge in [-0.05, 0) is 62.6 Å². The molecule has 0 aliphatic carbocycles. The Hall–Kier alpha value is -3.12. The largest absolute Gasteiger partial charge is 0.508 e. The Morgan fingerprint density at radius 3 is 2.60 bits per heavy atom. The average Bonchev–Trinajstić information content (AvgIpc) is 3.20. The van der Waals surface area contributed by atoms with Crippen LogP contribution in [0.5, 0.6) is 5.75 Å². The molecule has 0 unspecified atom stereocenters. The van der Waals surface area contributed by atoms with Crippen molar-refractivity contribution in [2.24, 2.45) is 0 Å². The van der Waals surface area contributed by atoms with Gasteiger partial charge in [0, 0.05) is 10.9 Å². The summed E-state index contributed by atoms with van der Waals surface area (Å²) in [5.74, 6) is 1.88. The summed E-state index contributed by atoms with van der Waals surface area (Å²) in [5.41, 5.74) is 3.18. The summed E-state index contributed by atoms with van der Waals surface area (Å²) >= 11 is 0. The van der Waals surface area contributed by atoms with E-state index in [9.17, 15) is 5.11 Å². The molecule has 25 heavy (non-hydrogen) atoms. The van der Waals surface area contributed by atoms with E-state index < -0.39 is 0 Å². The Bertz CT molecular complexity index is 1020. The molecule has 126 valence electrons. The van der Waals surface area contributed by atoms with Gasteiger partial charge in [0.25, 0.3) is 0 Å². The first-order chi connectivity index (χ1) is 12.1. The van der Waals surface area contributed by atoms with Crippen LogP contribution in [0.25, 0.3) is 33.7 Å². The maximum atomic E-state index is 9.41. The van der Waals surface area contributed by atoms with E-state index in [0.717, 1.165) is 40.4 Å². The molecule has 4 aromatic rings. The molecule has 6 nitrogen and oxygen atoms in total. The Balaban J connectivity index is 1.70. The summed E-state index contributed by atoms with van der Waals surface area (Å²) in [4.78, 5) is 6.66. The van der Waals surface area contributed by atoms with Crippen LogP contribution in [0.1, 0.15) is 5.76 Å². The molecular formula is C19H18N4O2. The second-order valence-electron chi connectivity index (χ2n) is 6.22. The molecule has 0 aliphatic heterocycles. The summed E-state index contributed by atoms with van der Waals surface area (Å²) in [6.07, 6.45) is 0. The topological polar surface area (TPSA) is 78.2 Å². The number of hydrogen-bond acceptors (Lipinski definition) is 5. The number of phenols is 1. The number of pyridine rings is 1. The fourth-order valence-electron chi connectivity index (χ4n) is 2.79. The van der Waals surface area contributed by atoms with Crippen molar-refractivity contribution in [2.45, 2.75) is 6.54 Å². The maximum Gasteiger partial charge on any atom is 0.182 e. The monoisotopic (exact) mass is 334 g/mol. The highest BCUT2D eigenvalue weighted by atomic mass is 16.3. The Morgan fingerprint density at radius 2 is 1.84 bits per heavy atom. The molecule has 0 radical (unpaired) electrons. The summed E-state index contributed by atoms with van der Waals surface area (Å²) in [6.45, 7) is 0.745. The minimum atomic E-state index is 0.234. The number of nitrogens with zero attached hydrogens (tertiary/aromatic N) is 3. The van der Waals surface area contributed by atoms with E-state index in [-0.39, 0.29) is 5.75 Å². The first-order valence-corrected chi connectivity index (χ1v) is 7.98. The molecule has 0 spiro atoms. The van der Waals surface area contributed by atoms with E-state index in [2.05, 4.69) is 20.1 Å². The van der Waals surface area contributed by atoms with Crippen molar-refractivity contribution >= 4 is 11.0 Å². The molecule has 0 fully saturated rings. The third-order valence-corrected chi connectivity index (χ3v) is 3.96. The number of fused-ring (bicyclic) bond motifs is 1. The van der Waals surface area contributed by atoms with Gasteiger partial charge in [-0.25, -0.2) is 4.98 Å². The minimum Gasteiger partial charge on any atom is -0.508 e. The molecule has 4 rings (SSSR count). The standard InChI is InChI=1S/C19H18N4O2/c1-23(2)11-14-7-10-17(25-14)18-15-8-9-16(20-19(15)22-21-18)12-3-5-13(24)6-4-12/h3-10,24H,11H2,1-2H3,(H,20,21,22). The Morgan fingerprint density at radius 1 is 1.04 bits per heavy atom. The van der Waals surface area contributed by atoms with E-state index in [0.29, 0.717) is 5.65 Å². The lowest BCUT2D eigenvalue weighted by Crippen LogP contribution is -2.09. The average molecular weight is 334 g/mol. The fraction of sp³-hybridized carbons (Fsp3) is 0.158. The number of nitrogens with one attached hydrogen (secondary N) is 1. The lowest BCUT2D eigenvalue weighted by atomic mass is 10.1. The molecule has 1 aromatic carbocycles. The van der Waals surface area contributed by atoms with Crippen LogP contribution in [0.15, 0.2) is 52.9 Å². The Kier molecular flexibility index (Phi) is 3.74. The molecule has 0 atom stereocenters. The Labute approximate surface area is 144 Å². The van der Waals surface area contributed by atoms with Crippen LogP contribution in [0.2, 0.25) is 0 Å². The van der Waals surface area contributed by atoms with Gasteiger partial charge >= 0.3 is 0 Å². The number of hydrogen-bond donors (Lipinski definition) is 2. The van der Waals surface area contributed by atoms with Gasteiger partial charge < -0.3 is 14.4 Å². The zero-order valence-electron chi connectivity index (χ0n) is 14.0. The zero-order chi connectivity index (χ0) is 17.4. The molecule has 6 heteroatoms. The number of rotatable bonds is 4. The third kappa shape index (κ3) is 2.99. The highest BCUT2D eigenvalue weighted by molar-refractivity contribution is 5.90. The molecular weight excluding hydrogens is 316 g/mol. The van der Waals surface area contributed by atoms with Crippen molar-refractivity contribution in [2.75, 3.05) is 14.1 Å². The maximum absolute atomic E-state index is 9.41. The first kappa shape index (κ1) is 15.4. The second kappa shape index (κ2) is 6.07. The van der Waals surface area contributed by atoms with E-state index >= 15 is 0 Å². The van der Waals surface area contributed by atoms with Gasteiger partial charge in [-0.1, -0.05) is 0 Å². The number of aromatic nitrogens is 3. The molecule has 0 aliphatic rings. The van der Waals surface area contributed by atoms with Crippen LogP contribution in [0.4, 0.5) is 0 Å². The van der Waals surface area contributed by atoms with E-state index in [4.69, 9.17) is 4.42 Å². The zero-order valence-corrected chi connectivity index (χ0v) is 14.0. The predicted molar refractivity (Wildman–Crippen MR) is 96.1 cm³/mol. The predicted octanol–water partition coefficient (Wildman–Crippen LogP) is 3.65. The molecule has 3 heterocycles. The summed E-state index contributed by atoms with van der Waals surface area (Å²) in [7, 11) is 4.01. The van der Waals surface area contributed by atoms with Crippen LogP contribution in [-0.4, -0.2) is 39.3 Å². The molecule has 0 amide bonds. The summed E-state index contributed by atoms with van der Waals surface area (Å²) < 4.78 is 5.91. The van der Waals surface area contributed by atoms with Crippen LogP contribution in [0, 0.1) is 0 Å². The second-order valence-corrected chi connectivity index (χ2v) is 6.22. The highest BCUT2D eigenvalue weighted by Crippen LogP contribution is 2.29. The van der Waals surface area contributed by atoms with Crippen LogP contribution < -0.4 is 0 Å². The van der Waals surface area contributed by atoms with Crippen molar-refractivity contribution in [1.29, 1.82) is 0 Å². The fourth-order valence-corrected chi connectivity index (χ4v) is 2.79. The number of benzene rings is 1. The van der Waals surface area contributed by atoms with Crippen molar-refractivity contribution in [3.05, 3.63) is 54.3 Å². The van der Waals surface area contributed by atoms with Crippen molar-refractivity contribution in [1.82, 2.24) is 20.1 Å². The van der Waals surface area contributed by atoms with Gasteiger partial charge in [0.05, 0.1) is 12.2 Å². The van der Waals surface area contributed by atoms with Gasteiger partial charge in [0.2, 0.25) is 0 Å². The minimum absolute atomic E-state index is 0.234. The SMILES string of the molecule is CN(C)Cc1ccc(-c2[nH]nc3nc(-c4ccc(O)cc4)ccc23)o1. The molecule has 0 bridgehead atoms. The van der Waals surface area contributed by atoms with Crippen LogP contribution >= 0.6 is 0 Å². The van der Waals surface area contributed by atoms with E-state index in [1.54, 1.807) is 12.1 Å². The van der Waals surface area contributed by atoms with Crippen molar-refractivity contribution < 1.29 is 9.52 Å². The van der Waals surface area contributed by atoms with Gasteiger partial charge in [-0.3, -0.25) is 5.10 Å². The van der Waals surface area contributed by atoms with Gasteiger partial charge in [-0.2, -0.15) is 5.10 Å². The highest BCUT2D eigenvalue weighted by Gasteiger charge is 2.14. The van der Waals surface area contributed by atoms with Crippen molar-refractivity contribution in [3.8, 4) is 28.5 Å². The third-order valence-electron chi connectivity index (χ3n) is 3.96. The molecule has 3 aromatic heterocycles. The quantitative estimate of drug-likeness (QED) is 0.595. The van der Waals surface area contributed by atoms with Gasteiger partial charge in [-0.15, -0.1) is 0 Å². The van der Waals surface area contributed by atoms with Crippen LogP contribution in [0.3, 0.4) is 0 Å². The molecule has 2 N–H and O–H groups in total. The molecule has 0 saturated carbocycles. The van der Waals surface area contributed by atoms with Gasteiger partial charge in [0.1, 0.15) is 17.2 Å². The number of H-pyrrole nitrogens is 1. The molecule has 0 saturated heterocycles. The first-order valence-electron chi connectivity index (χ1n) is 7.98. The summed E-state index contributed by atoms with van der Waals surface area (Å²) in [6, 6.07) is 14.8. The van der Waals surface area contributed by atoms with E-state index in [1.807, 2.05) is 50.5 Å². The number of furan rings is 1. The van der Waals surface area contributed by atoms with Crippen LogP contribution in [-0.2, 0) is 6.54 Å². The van der Waals surface area contributed by atoms with Gasteiger partial charge in [0.15, 0.2) is 11.4 Å². The lowest BCUT2D eigenvalue weighted by molar-refractivity contribution is 0.353. The summed E-state index contributed by atoms with van der Waals surface area (Å²) in [5, 5.41) is 17.7. The number of phenolic OH excluding ortho intramolecular Hbond substituents is 1. The number of aromatic amines is 1. The normalized spacial score (nSPS) is 11.5. The smallest absolute Gasteiger partial charge is 0.182 e.